The van der Waals surface area contributed by atoms with Crippen molar-refractivity contribution in [2.45, 2.75) is 18.7 Å². The van der Waals surface area contributed by atoms with Crippen molar-refractivity contribution in [3.63, 3.8) is 0 Å². The van der Waals surface area contributed by atoms with Gasteiger partial charge in [-0.05, 0) is 37.6 Å². The zero-order chi connectivity index (χ0) is 18.3. The van der Waals surface area contributed by atoms with Crippen LogP contribution in [-0.2, 0) is 14.8 Å². The summed E-state index contributed by atoms with van der Waals surface area (Å²) in [6, 6.07) is 16.9. The number of hydrogen-bond donors (Lipinski definition) is 0. The maximum Gasteiger partial charge on any atom is 0.243 e. The van der Waals surface area contributed by atoms with Gasteiger partial charge in [0.2, 0.25) is 10.0 Å². The Bertz CT molecular complexity index is 989. The van der Waals surface area contributed by atoms with E-state index in [-0.39, 0.29) is 5.92 Å². The van der Waals surface area contributed by atoms with Crippen LogP contribution in [0.1, 0.15) is 18.1 Å². The SMILES string of the molecule is CC1=C2CN(S(=O)(=O)c3ccc(C)cc3)CC2C=C(c2ccccc2)O1. The molecule has 134 valence electrons. The number of sulfonamides is 1. The predicted octanol–water partition coefficient (Wildman–Crippen LogP) is 3.96. The van der Waals surface area contributed by atoms with Gasteiger partial charge in [-0.1, -0.05) is 48.0 Å². The van der Waals surface area contributed by atoms with E-state index in [0.29, 0.717) is 18.0 Å². The summed E-state index contributed by atoms with van der Waals surface area (Å²) in [5.74, 6) is 1.66. The van der Waals surface area contributed by atoms with E-state index in [1.807, 2.05) is 62.4 Å². The third-order valence-electron chi connectivity index (χ3n) is 4.98. The molecule has 1 unspecified atom stereocenters. The van der Waals surface area contributed by atoms with Crippen LogP contribution in [0, 0.1) is 12.8 Å². The Kier molecular flexibility index (Phi) is 4.21. The highest BCUT2D eigenvalue weighted by molar-refractivity contribution is 7.89. The summed E-state index contributed by atoms with van der Waals surface area (Å²) < 4.78 is 33.5. The molecule has 4 nitrogen and oxygen atoms in total. The molecule has 0 radical (unpaired) electrons. The van der Waals surface area contributed by atoms with Crippen LogP contribution in [0.3, 0.4) is 0 Å². The molecule has 2 aliphatic rings. The van der Waals surface area contributed by atoms with Gasteiger partial charge in [0.05, 0.1) is 4.90 Å². The van der Waals surface area contributed by atoms with Crippen molar-refractivity contribution in [1.82, 2.24) is 4.31 Å². The zero-order valence-corrected chi connectivity index (χ0v) is 15.7. The summed E-state index contributed by atoms with van der Waals surface area (Å²) in [7, 11) is -3.50. The normalized spacial score (nSPS) is 20.5. The van der Waals surface area contributed by atoms with E-state index in [4.69, 9.17) is 4.74 Å². The fourth-order valence-electron chi connectivity index (χ4n) is 3.47. The van der Waals surface area contributed by atoms with Gasteiger partial charge in [0, 0.05) is 24.6 Å². The Morgan fingerprint density at radius 3 is 2.38 bits per heavy atom. The van der Waals surface area contributed by atoms with Crippen LogP contribution < -0.4 is 0 Å². The first-order chi connectivity index (χ1) is 12.4. The van der Waals surface area contributed by atoms with Gasteiger partial charge >= 0.3 is 0 Å². The molecule has 0 amide bonds. The second-order valence-corrected chi connectivity index (χ2v) is 8.74. The number of fused-ring (bicyclic) bond motifs is 1. The molecule has 2 aromatic rings. The molecule has 26 heavy (non-hydrogen) atoms. The lowest BCUT2D eigenvalue weighted by molar-refractivity contribution is 0.362. The molecule has 2 heterocycles. The van der Waals surface area contributed by atoms with Crippen LogP contribution in [0.5, 0.6) is 0 Å². The van der Waals surface area contributed by atoms with Crippen molar-refractivity contribution in [3.05, 3.63) is 83.1 Å². The molecule has 1 saturated heterocycles. The number of nitrogens with zero attached hydrogens (tertiary/aromatic N) is 1. The van der Waals surface area contributed by atoms with Gasteiger partial charge in [0.1, 0.15) is 11.5 Å². The Balaban J connectivity index is 1.64. The van der Waals surface area contributed by atoms with Crippen LogP contribution in [0.15, 0.2) is 76.9 Å². The first-order valence-electron chi connectivity index (χ1n) is 8.67. The average molecular weight is 367 g/mol. The zero-order valence-electron chi connectivity index (χ0n) is 14.8. The molecule has 0 saturated carbocycles. The number of hydrogen-bond acceptors (Lipinski definition) is 3. The largest absolute Gasteiger partial charge is 0.462 e. The van der Waals surface area contributed by atoms with Gasteiger partial charge in [0.15, 0.2) is 0 Å². The van der Waals surface area contributed by atoms with Gasteiger partial charge in [0.25, 0.3) is 0 Å². The number of benzene rings is 2. The van der Waals surface area contributed by atoms with Crippen LogP contribution >= 0.6 is 0 Å². The van der Waals surface area contributed by atoms with E-state index in [2.05, 4.69) is 0 Å². The molecule has 2 aromatic carbocycles. The topological polar surface area (TPSA) is 46.6 Å². The Labute approximate surface area is 154 Å². The van der Waals surface area contributed by atoms with E-state index in [9.17, 15) is 8.42 Å². The van der Waals surface area contributed by atoms with Crippen LogP contribution in [0.2, 0.25) is 0 Å². The first-order valence-corrected chi connectivity index (χ1v) is 10.1. The first kappa shape index (κ1) is 17.1. The average Bonchev–Trinajstić information content (AvgIpc) is 3.08. The standard InChI is InChI=1S/C21H21NO3S/c1-15-8-10-19(11-9-15)26(23,24)22-13-18-12-21(17-6-4-3-5-7-17)25-16(2)20(18)14-22/h3-12,18H,13-14H2,1-2H3. The molecular formula is C21H21NO3S. The van der Waals surface area contributed by atoms with Crippen LogP contribution in [0.25, 0.3) is 5.76 Å². The second-order valence-electron chi connectivity index (χ2n) is 6.80. The summed E-state index contributed by atoms with van der Waals surface area (Å²) in [5, 5.41) is 0. The van der Waals surface area contributed by atoms with Crippen molar-refractivity contribution in [2.24, 2.45) is 5.92 Å². The van der Waals surface area contributed by atoms with Crippen molar-refractivity contribution >= 4 is 15.8 Å². The Morgan fingerprint density at radius 1 is 1.00 bits per heavy atom. The summed E-state index contributed by atoms with van der Waals surface area (Å²) in [6.45, 7) is 4.69. The van der Waals surface area contributed by atoms with Gasteiger partial charge < -0.3 is 4.74 Å². The molecule has 0 spiro atoms. The van der Waals surface area contributed by atoms with E-state index in [1.165, 1.54) is 0 Å². The van der Waals surface area contributed by atoms with Crippen molar-refractivity contribution in [1.29, 1.82) is 0 Å². The van der Waals surface area contributed by atoms with E-state index in [1.54, 1.807) is 16.4 Å². The third kappa shape index (κ3) is 2.97. The second kappa shape index (κ2) is 6.41. The number of aryl methyl sites for hydroxylation is 1. The lowest BCUT2D eigenvalue weighted by atomic mass is 9.97. The summed E-state index contributed by atoms with van der Waals surface area (Å²) in [6.07, 6.45) is 2.04. The summed E-state index contributed by atoms with van der Waals surface area (Å²) in [5.41, 5.74) is 3.09. The minimum Gasteiger partial charge on any atom is -0.462 e. The highest BCUT2D eigenvalue weighted by atomic mass is 32.2. The van der Waals surface area contributed by atoms with Gasteiger partial charge in [-0.15, -0.1) is 0 Å². The highest BCUT2D eigenvalue weighted by Gasteiger charge is 2.38. The fourth-order valence-corrected chi connectivity index (χ4v) is 4.92. The molecule has 0 N–H and O–H groups in total. The lowest BCUT2D eigenvalue weighted by Gasteiger charge is -2.21. The van der Waals surface area contributed by atoms with Gasteiger partial charge in [-0.2, -0.15) is 4.31 Å². The molecule has 5 heteroatoms. The molecule has 0 aromatic heterocycles. The molecule has 0 bridgehead atoms. The molecule has 1 atom stereocenters. The quantitative estimate of drug-likeness (QED) is 0.825. The van der Waals surface area contributed by atoms with Crippen LogP contribution in [0.4, 0.5) is 0 Å². The van der Waals surface area contributed by atoms with Gasteiger partial charge in [-0.3, -0.25) is 0 Å². The number of allylic oxidation sites excluding steroid dienone is 1. The number of rotatable bonds is 3. The predicted molar refractivity (Wildman–Crippen MR) is 102 cm³/mol. The van der Waals surface area contributed by atoms with Crippen molar-refractivity contribution < 1.29 is 13.2 Å². The minimum absolute atomic E-state index is 0.0548. The van der Waals surface area contributed by atoms with Crippen molar-refractivity contribution in [3.8, 4) is 0 Å². The molecule has 2 aliphatic heterocycles. The Morgan fingerprint density at radius 2 is 1.69 bits per heavy atom. The highest BCUT2D eigenvalue weighted by Crippen LogP contribution is 2.38. The van der Waals surface area contributed by atoms with Gasteiger partial charge in [-0.25, -0.2) is 8.42 Å². The van der Waals surface area contributed by atoms with Crippen molar-refractivity contribution in [2.75, 3.05) is 13.1 Å². The van der Waals surface area contributed by atoms with Crippen LogP contribution in [-0.4, -0.2) is 25.8 Å². The maximum absolute atomic E-state index is 13.0. The fraction of sp³-hybridized carbons (Fsp3) is 0.238. The Hall–Kier alpha value is -2.37. The maximum atomic E-state index is 13.0. The smallest absolute Gasteiger partial charge is 0.243 e. The molecule has 1 fully saturated rings. The van der Waals surface area contributed by atoms with E-state index in [0.717, 1.165) is 28.2 Å². The monoisotopic (exact) mass is 367 g/mol. The molecule has 0 aliphatic carbocycles. The minimum atomic E-state index is -3.50. The lowest BCUT2D eigenvalue weighted by Crippen LogP contribution is -2.28. The molecular weight excluding hydrogens is 346 g/mol. The third-order valence-corrected chi connectivity index (χ3v) is 6.81. The van der Waals surface area contributed by atoms with E-state index >= 15 is 0 Å². The summed E-state index contributed by atoms with van der Waals surface area (Å²) in [4.78, 5) is 0.341. The number of ether oxygens (including phenoxy) is 1. The molecule has 4 rings (SSSR count). The van der Waals surface area contributed by atoms with E-state index < -0.39 is 10.0 Å². The summed E-state index contributed by atoms with van der Waals surface area (Å²) >= 11 is 0.